The Morgan fingerprint density at radius 1 is 1.23 bits per heavy atom. The first-order chi connectivity index (χ1) is 12.3. The number of esters is 1. The zero-order valence-corrected chi connectivity index (χ0v) is 16.3. The second-order valence-corrected chi connectivity index (χ2v) is 7.16. The smallest absolute Gasteiger partial charge is 0.302 e. The van der Waals surface area contributed by atoms with E-state index >= 15 is 0 Å². The third-order valence-corrected chi connectivity index (χ3v) is 4.93. The van der Waals surface area contributed by atoms with E-state index in [0.717, 1.165) is 16.2 Å². The van der Waals surface area contributed by atoms with Gasteiger partial charge in [0.25, 0.3) is 11.6 Å². The van der Waals surface area contributed by atoms with Gasteiger partial charge in [-0.2, -0.15) is 0 Å². The molecule has 0 fully saturated rings. The summed E-state index contributed by atoms with van der Waals surface area (Å²) < 4.78 is 5.60. The maximum atomic E-state index is 12.1. The third-order valence-electron chi connectivity index (χ3n) is 3.30. The van der Waals surface area contributed by atoms with Crippen LogP contribution in [0.1, 0.15) is 22.8 Å². The van der Waals surface area contributed by atoms with Crippen molar-refractivity contribution in [2.24, 2.45) is 0 Å². The molecule has 0 aliphatic heterocycles. The van der Waals surface area contributed by atoms with E-state index in [4.69, 9.17) is 4.74 Å². The number of benzene rings is 2. The molecule has 0 aliphatic carbocycles. The van der Waals surface area contributed by atoms with Crippen LogP contribution >= 0.6 is 27.7 Å². The van der Waals surface area contributed by atoms with Gasteiger partial charge in [0.05, 0.1) is 15.4 Å². The maximum Gasteiger partial charge on any atom is 0.302 e. The van der Waals surface area contributed by atoms with Crippen LogP contribution in [0.15, 0.2) is 50.7 Å². The van der Waals surface area contributed by atoms with Crippen molar-refractivity contribution in [2.75, 3.05) is 7.05 Å². The minimum Gasteiger partial charge on any atom is -0.461 e. The molecule has 136 valence electrons. The van der Waals surface area contributed by atoms with Gasteiger partial charge in [-0.05, 0) is 29.8 Å². The summed E-state index contributed by atoms with van der Waals surface area (Å²) in [7, 11) is 1.52. The second kappa shape index (κ2) is 8.81. The summed E-state index contributed by atoms with van der Waals surface area (Å²) in [5.41, 5.74) is 0.800. The van der Waals surface area contributed by atoms with Gasteiger partial charge in [0, 0.05) is 29.4 Å². The zero-order valence-electron chi connectivity index (χ0n) is 13.9. The highest BCUT2D eigenvalue weighted by Crippen LogP contribution is 2.38. The SMILES string of the molecule is CNC(=O)c1cc(Br)ccc1Sc1ccc(COC(C)=O)cc1[N+](=O)[O-]. The van der Waals surface area contributed by atoms with Crippen LogP contribution < -0.4 is 5.32 Å². The molecule has 0 saturated heterocycles. The predicted molar refractivity (Wildman–Crippen MR) is 100 cm³/mol. The van der Waals surface area contributed by atoms with Crippen LogP contribution in [0.4, 0.5) is 5.69 Å². The summed E-state index contributed by atoms with van der Waals surface area (Å²) in [5.74, 6) is -0.751. The molecule has 0 heterocycles. The van der Waals surface area contributed by atoms with Gasteiger partial charge >= 0.3 is 5.97 Å². The van der Waals surface area contributed by atoms with Crippen molar-refractivity contribution in [1.82, 2.24) is 5.32 Å². The fraction of sp³-hybridized carbons (Fsp3) is 0.176. The molecule has 2 rings (SSSR count). The number of halogens is 1. The number of rotatable bonds is 6. The number of nitro benzene ring substituents is 1. The van der Waals surface area contributed by atoms with Crippen LogP contribution in [0.3, 0.4) is 0 Å². The molecule has 0 atom stereocenters. The lowest BCUT2D eigenvalue weighted by atomic mass is 10.2. The highest BCUT2D eigenvalue weighted by Gasteiger charge is 2.19. The highest BCUT2D eigenvalue weighted by atomic mass is 79.9. The Balaban J connectivity index is 2.39. The van der Waals surface area contributed by atoms with Crippen molar-refractivity contribution in [1.29, 1.82) is 0 Å². The van der Waals surface area contributed by atoms with Crippen LogP contribution in [0.5, 0.6) is 0 Å². The minimum atomic E-state index is -0.502. The van der Waals surface area contributed by atoms with E-state index < -0.39 is 10.9 Å². The number of ether oxygens (including phenoxy) is 1. The summed E-state index contributed by atoms with van der Waals surface area (Å²) in [4.78, 5) is 34.9. The lowest BCUT2D eigenvalue weighted by molar-refractivity contribution is -0.387. The van der Waals surface area contributed by atoms with Crippen LogP contribution in [0, 0.1) is 10.1 Å². The highest BCUT2D eigenvalue weighted by molar-refractivity contribution is 9.10. The number of hydrogen-bond acceptors (Lipinski definition) is 6. The summed E-state index contributed by atoms with van der Waals surface area (Å²) >= 11 is 4.44. The molecule has 0 aliphatic rings. The van der Waals surface area contributed by atoms with Gasteiger partial charge in [-0.15, -0.1) is 0 Å². The molecule has 2 aromatic rings. The predicted octanol–water partition coefficient (Wildman–Crippen LogP) is 3.93. The number of nitro groups is 1. The largest absolute Gasteiger partial charge is 0.461 e. The molecular formula is C17H15BrN2O5S. The van der Waals surface area contributed by atoms with Crippen LogP contribution in [0.2, 0.25) is 0 Å². The normalized spacial score (nSPS) is 10.3. The molecule has 0 spiro atoms. The molecule has 7 nitrogen and oxygen atoms in total. The fourth-order valence-corrected chi connectivity index (χ4v) is 3.46. The van der Waals surface area contributed by atoms with Gasteiger partial charge in [-0.3, -0.25) is 19.7 Å². The van der Waals surface area contributed by atoms with Gasteiger partial charge < -0.3 is 10.1 Å². The first-order valence-electron chi connectivity index (χ1n) is 7.42. The van der Waals surface area contributed by atoms with Gasteiger partial charge in [0.1, 0.15) is 6.61 Å². The van der Waals surface area contributed by atoms with E-state index in [1.807, 2.05) is 0 Å². The molecule has 0 unspecified atom stereocenters. The monoisotopic (exact) mass is 438 g/mol. The van der Waals surface area contributed by atoms with E-state index in [1.54, 1.807) is 30.3 Å². The lowest BCUT2D eigenvalue weighted by Gasteiger charge is -2.10. The standard InChI is InChI=1S/C17H15BrN2O5S/c1-10(21)25-9-11-3-5-16(14(7-11)20(23)24)26-15-6-4-12(18)8-13(15)17(22)19-2/h3-8H,9H2,1-2H3,(H,19,22). The Kier molecular flexibility index (Phi) is 6.76. The number of nitrogens with one attached hydrogen (secondary N) is 1. The Morgan fingerprint density at radius 3 is 2.54 bits per heavy atom. The number of nitrogens with zero attached hydrogens (tertiary/aromatic N) is 1. The Morgan fingerprint density at radius 2 is 1.92 bits per heavy atom. The maximum absolute atomic E-state index is 12.1. The van der Waals surface area contributed by atoms with Crippen LogP contribution in [-0.2, 0) is 16.1 Å². The van der Waals surface area contributed by atoms with Crippen molar-refractivity contribution < 1.29 is 19.2 Å². The molecule has 0 saturated carbocycles. The van der Waals surface area contributed by atoms with Crippen LogP contribution in [0.25, 0.3) is 0 Å². The molecule has 0 radical (unpaired) electrons. The van der Waals surface area contributed by atoms with Crippen molar-refractivity contribution in [3.05, 3.63) is 62.1 Å². The van der Waals surface area contributed by atoms with Gasteiger partial charge in [0.2, 0.25) is 0 Å². The lowest BCUT2D eigenvalue weighted by Crippen LogP contribution is -2.18. The van der Waals surface area contributed by atoms with Crippen molar-refractivity contribution in [3.63, 3.8) is 0 Å². The summed E-state index contributed by atoms with van der Waals surface area (Å²) in [6, 6.07) is 9.73. The zero-order chi connectivity index (χ0) is 19.3. The second-order valence-electron chi connectivity index (χ2n) is 5.16. The Hall–Kier alpha value is -2.39. The quantitative estimate of drug-likeness (QED) is 0.416. The van der Waals surface area contributed by atoms with E-state index in [0.29, 0.717) is 20.9 Å². The number of carbonyl (C=O) groups excluding carboxylic acids is 2. The summed E-state index contributed by atoms with van der Waals surface area (Å²) in [6.45, 7) is 1.23. The molecular weight excluding hydrogens is 424 g/mol. The van der Waals surface area contributed by atoms with Crippen molar-refractivity contribution in [2.45, 2.75) is 23.3 Å². The number of amides is 1. The average molecular weight is 439 g/mol. The van der Waals surface area contributed by atoms with Crippen molar-refractivity contribution >= 4 is 45.3 Å². The summed E-state index contributed by atoms with van der Waals surface area (Å²) in [5, 5.41) is 14.0. The topological polar surface area (TPSA) is 98.5 Å². The average Bonchev–Trinajstić information content (AvgIpc) is 2.61. The first kappa shape index (κ1) is 19.9. The van der Waals surface area contributed by atoms with Gasteiger partial charge in [-0.1, -0.05) is 33.8 Å². The van der Waals surface area contributed by atoms with E-state index in [-0.39, 0.29) is 18.2 Å². The molecule has 26 heavy (non-hydrogen) atoms. The first-order valence-corrected chi connectivity index (χ1v) is 9.03. The molecule has 9 heteroatoms. The van der Waals surface area contributed by atoms with Gasteiger partial charge in [-0.25, -0.2) is 0 Å². The van der Waals surface area contributed by atoms with E-state index in [2.05, 4.69) is 21.2 Å². The third kappa shape index (κ3) is 5.06. The van der Waals surface area contributed by atoms with Crippen molar-refractivity contribution in [3.8, 4) is 0 Å². The van der Waals surface area contributed by atoms with Gasteiger partial charge in [0.15, 0.2) is 0 Å². The van der Waals surface area contributed by atoms with E-state index in [1.165, 1.54) is 20.0 Å². The fourth-order valence-electron chi connectivity index (χ4n) is 2.09. The molecule has 2 aromatic carbocycles. The molecule has 0 aromatic heterocycles. The number of carbonyl (C=O) groups is 2. The molecule has 1 N–H and O–H groups in total. The Bertz CT molecular complexity index is 872. The van der Waals surface area contributed by atoms with E-state index in [9.17, 15) is 19.7 Å². The van der Waals surface area contributed by atoms with Crippen LogP contribution in [-0.4, -0.2) is 23.8 Å². The molecule has 1 amide bonds. The Labute approximate surface area is 162 Å². The molecule has 0 bridgehead atoms. The number of hydrogen-bond donors (Lipinski definition) is 1. The minimum absolute atomic E-state index is 0.0388. The summed E-state index contributed by atoms with van der Waals surface area (Å²) in [6.07, 6.45) is 0.